The van der Waals surface area contributed by atoms with Gasteiger partial charge in [0.1, 0.15) is 16.8 Å². The van der Waals surface area contributed by atoms with E-state index in [1.165, 1.54) is 29.5 Å². The number of nitro benzene ring substituents is 1. The van der Waals surface area contributed by atoms with Crippen molar-refractivity contribution in [1.29, 1.82) is 5.26 Å². The average Bonchev–Trinajstić information content (AvgIpc) is 2.67. The van der Waals surface area contributed by atoms with E-state index in [4.69, 9.17) is 17.0 Å². The number of ether oxygens (including phenoxy) is 1. The number of carbonyl (C=O) groups is 1. The smallest absolute Gasteiger partial charge is 0.272 e. The summed E-state index contributed by atoms with van der Waals surface area (Å²) in [5, 5.41) is 23.7. The van der Waals surface area contributed by atoms with E-state index in [1.54, 1.807) is 6.92 Å². The summed E-state index contributed by atoms with van der Waals surface area (Å²) >= 11 is 6.73. The van der Waals surface area contributed by atoms with Crippen LogP contribution in [0.15, 0.2) is 18.2 Å². The van der Waals surface area contributed by atoms with Crippen LogP contribution in [-0.4, -0.2) is 17.4 Å². The number of benzene rings is 1. The van der Waals surface area contributed by atoms with Gasteiger partial charge in [-0.1, -0.05) is 19.1 Å². The maximum Gasteiger partial charge on any atom is 0.272 e. The number of carbonyl (C=O) groups excluding carboxylic acids is 1. The predicted molar refractivity (Wildman–Crippen MR) is 113 cm³/mol. The highest BCUT2D eigenvalue weighted by Crippen LogP contribution is 2.36. The maximum atomic E-state index is 12.4. The number of fused-ring (bicyclic) bond motifs is 1. The number of aryl methyl sites for hydroxylation is 1. The molecule has 0 saturated heterocycles. The fourth-order valence-electron chi connectivity index (χ4n) is 3.38. The molecule has 3 rings (SSSR count). The van der Waals surface area contributed by atoms with Crippen molar-refractivity contribution in [2.45, 2.75) is 33.1 Å². The second-order valence-corrected chi connectivity index (χ2v) is 8.74. The molecular weight excluding hydrogens is 410 g/mol. The summed E-state index contributed by atoms with van der Waals surface area (Å²) in [7, 11) is 0. The van der Waals surface area contributed by atoms with Crippen LogP contribution in [0.2, 0.25) is 0 Å². The highest BCUT2D eigenvalue weighted by Gasteiger charge is 2.23. The van der Waals surface area contributed by atoms with Gasteiger partial charge in [0, 0.05) is 11.6 Å². The largest absolute Gasteiger partial charge is 0.484 e. The van der Waals surface area contributed by atoms with Gasteiger partial charge < -0.3 is 10.1 Å². The van der Waals surface area contributed by atoms with Crippen LogP contribution in [0.25, 0.3) is 0 Å². The minimum Gasteiger partial charge on any atom is -0.484 e. The lowest BCUT2D eigenvalue weighted by atomic mass is 9.85. The molecule has 29 heavy (non-hydrogen) atoms. The SMILES string of the molecule is Cc1cc(OCC(=O)Nc2sc(=S)c3c(c2C#N)CCC(C)C3)ccc1[N+](=O)[O-]. The summed E-state index contributed by atoms with van der Waals surface area (Å²) in [5.74, 6) is 0.463. The fourth-order valence-corrected chi connectivity index (χ4v) is 4.79. The van der Waals surface area contributed by atoms with E-state index in [9.17, 15) is 20.2 Å². The van der Waals surface area contributed by atoms with Crippen LogP contribution in [-0.2, 0) is 17.6 Å². The molecule has 150 valence electrons. The number of nitrogens with one attached hydrogen (secondary N) is 1. The van der Waals surface area contributed by atoms with E-state index < -0.39 is 10.8 Å². The topological polar surface area (TPSA) is 105 Å². The van der Waals surface area contributed by atoms with Crippen molar-refractivity contribution in [2.75, 3.05) is 11.9 Å². The quantitative estimate of drug-likeness (QED) is 0.419. The number of nitro groups is 1. The number of nitrogens with zero attached hydrogens (tertiary/aromatic N) is 2. The zero-order valence-corrected chi connectivity index (χ0v) is 17.6. The van der Waals surface area contributed by atoms with Crippen LogP contribution in [0, 0.1) is 38.1 Å². The van der Waals surface area contributed by atoms with Crippen LogP contribution < -0.4 is 10.1 Å². The van der Waals surface area contributed by atoms with Crippen LogP contribution in [0.5, 0.6) is 5.75 Å². The Morgan fingerprint density at radius 2 is 2.24 bits per heavy atom. The van der Waals surface area contributed by atoms with Crippen LogP contribution >= 0.6 is 23.6 Å². The first-order valence-corrected chi connectivity index (χ1v) is 10.3. The first-order valence-electron chi connectivity index (χ1n) is 9.06. The fraction of sp³-hybridized carbons (Fsp3) is 0.350. The monoisotopic (exact) mass is 429 g/mol. The molecule has 0 saturated carbocycles. The molecule has 0 bridgehead atoms. The number of rotatable bonds is 5. The van der Waals surface area contributed by atoms with Crippen molar-refractivity contribution >= 4 is 40.2 Å². The van der Waals surface area contributed by atoms with Crippen molar-refractivity contribution in [2.24, 2.45) is 5.92 Å². The highest BCUT2D eigenvalue weighted by molar-refractivity contribution is 7.73. The molecule has 2 aromatic rings. The first kappa shape index (κ1) is 20.9. The van der Waals surface area contributed by atoms with Gasteiger partial charge in [-0.2, -0.15) is 5.26 Å². The molecule has 1 heterocycles. The summed E-state index contributed by atoms with van der Waals surface area (Å²) in [5.41, 5.74) is 2.91. The molecule has 7 nitrogen and oxygen atoms in total. The third-order valence-corrected chi connectivity index (χ3v) is 6.31. The van der Waals surface area contributed by atoms with Gasteiger partial charge in [-0.3, -0.25) is 14.9 Å². The molecule has 1 atom stereocenters. The zero-order valence-electron chi connectivity index (χ0n) is 16.0. The van der Waals surface area contributed by atoms with Crippen molar-refractivity contribution in [3.63, 3.8) is 0 Å². The molecule has 0 fully saturated rings. The van der Waals surface area contributed by atoms with Crippen LogP contribution in [0.1, 0.15) is 35.6 Å². The van der Waals surface area contributed by atoms with Gasteiger partial charge in [-0.05, 0) is 55.4 Å². The number of anilines is 1. The standard InChI is InChI=1S/C20H19N3O4S2/c1-11-3-5-14-15(7-11)20(28)29-19(16(14)9-21)22-18(24)10-27-13-4-6-17(23(25)26)12(2)8-13/h4,6,8,11H,3,5,7,10H2,1-2H3,(H,22,24). The third-order valence-electron chi connectivity index (χ3n) is 4.87. The van der Waals surface area contributed by atoms with Crippen molar-refractivity contribution < 1.29 is 14.5 Å². The molecule has 9 heteroatoms. The number of nitriles is 1. The van der Waals surface area contributed by atoms with Gasteiger partial charge in [0.2, 0.25) is 0 Å². The van der Waals surface area contributed by atoms with E-state index in [2.05, 4.69) is 18.3 Å². The van der Waals surface area contributed by atoms with Gasteiger partial charge in [0.05, 0.1) is 14.3 Å². The minimum atomic E-state index is -0.472. The Kier molecular flexibility index (Phi) is 6.25. The Bertz CT molecular complexity index is 1090. The van der Waals surface area contributed by atoms with E-state index >= 15 is 0 Å². The second kappa shape index (κ2) is 8.68. The Balaban J connectivity index is 1.74. The molecule has 1 amide bonds. The highest BCUT2D eigenvalue weighted by atomic mass is 32.1. The average molecular weight is 430 g/mol. The Hall–Kier alpha value is -2.83. The van der Waals surface area contributed by atoms with E-state index in [1.807, 2.05) is 0 Å². The Morgan fingerprint density at radius 3 is 2.90 bits per heavy atom. The summed E-state index contributed by atoms with van der Waals surface area (Å²) in [4.78, 5) is 22.8. The second-order valence-electron chi connectivity index (χ2n) is 7.05. The molecule has 1 unspecified atom stereocenters. The molecule has 0 radical (unpaired) electrons. The molecule has 1 aromatic heterocycles. The number of amides is 1. The molecule has 1 aromatic carbocycles. The normalized spacial score (nSPS) is 15.1. The van der Waals surface area contributed by atoms with Gasteiger partial charge in [-0.15, -0.1) is 11.3 Å². The molecule has 1 aliphatic carbocycles. The molecule has 1 N–H and O–H groups in total. The van der Waals surface area contributed by atoms with Gasteiger partial charge in [0.25, 0.3) is 11.6 Å². The minimum absolute atomic E-state index is 0.0105. The predicted octanol–water partition coefficient (Wildman–Crippen LogP) is 4.71. The molecule has 1 aliphatic rings. The van der Waals surface area contributed by atoms with Gasteiger partial charge in [-0.25, -0.2) is 0 Å². The molecule has 0 aliphatic heterocycles. The summed E-state index contributed by atoms with van der Waals surface area (Å²) in [6.07, 6.45) is 2.62. The lowest BCUT2D eigenvalue weighted by Gasteiger charge is -2.23. The summed E-state index contributed by atoms with van der Waals surface area (Å²) in [6, 6.07) is 6.51. The third kappa shape index (κ3) is 4.60. The van der Waals surface area contributed by atoms with E-state index in [0.29, 0.717) is 31.6 Å². The number of hydrogen-bond acceptors (Lipinski definition) is 7. The van der Waals surface area contributed by atoms with Crippen molar-refractivity contribution in [3.05, 3.63) is 54.4 Å². The van der Waals surface area contributed by atoms with Gasteiger partial charge in [0.15, 0.2) is 6.61 Å². The summed E-state index contributed by atoms with van der Waals surface area (Å²) in [6.45, 7) is 3.49. The summed E-state index contributed by atoms with van der Waals surface area (Å²) < 4.78 is 6.15. The zero-order chi connectivity index (χ0) is 21.1. The van der Waals surface area contributed by atoms with Crippen LogP contribution in [0.4, 0.5) is 10.7 Å². The van der Waals surface area contributed by atoms with Gasteiger partial charge >= 0.3 is 0 Å². The maximum absolute atomic E-state index is 12.4. The Morgan fingerprint density at radius 1 is 1.48 bits per heavy atom. The van der Waals surface area contributed by atoms with Crippen LogP contribution in [0.3, 0.4) is 0 Å². The van der Waals surface area contributed by atoms with Crippen molar-refractivity contribution in [3.8, 4) is 11.8 Å². The lowest BCUT2D eigenvalue weighted by molar-refractivity contribution is -0.385. The molecule has 0 spiro atoms. The Labute approximate surface area is 177 Å². The number of hydrogen-bond donors (Lipinski definition) is 1. The van der Waals surface area contributed by atoms with Crippen molar-refractivity contribution in [1.82, 2.24) is 0 Å². The molecular formula is C20H19N3O4S2. The van der Waals surface area contributed by atoms with E-state index in [0.717, 1.165) is 30.4 Å². The first-order chi connectivity index (χ1) is 13.8. The van der Waals surface area contributed by atoms with E-state index in [-0.39, 0.29) is 12.3 Å². The lowest BCUT2D eigenvalue weighted by Crippen LogP contribution is -2.21.